The van der Waals surface area contributed by atoms with Crippen LogP contribution < -0.4 is 5.73 Å². The molecule has 0 saturated heterocycles. The molecule has 0 aliphatic heterocycles. The van der Waals surface area contributed by atoms with Crippen molar-refractivity contribution in [2.24, 2.45) is 5.73 Å². The molecule has 2 N–H and O–H groups in total. The summed E-state index contributed by atoms with van der Waals surface area (Å²) in [5.74, 6) is -3.29. The second kappa shape index (κ2) is 5.18. The van der Waals surface area contributed by atoms with Crippen LogP contribution in [0.3, 0.4) is 0 Å². The second-order valence-corrected chi connectivity index (χ2v) is 3.77. The van der Waals surface area contributed by atoms with Crippen LogP contribution in [0.4, 0.5) is 13.2 Å². The van der Waals surface area contributed by atoms with E-state index in [1.807, 2.05) is 0 Å². The van der Waals surface area contributed by atoms with E-state index in [4.69, 9.17) is 5.73 Å². The molecule has 7 heteroatoms. The third-order valence-corrected chi connectivity index (χ3v) is 2.40. The molecule has 0 aliphatic rings. The molecule has 0 bridgehead atoms. The van der Waals surface area contributed by atoms with Crippen LogP contribution in [0, 0.1) is 17.5 Å². The molecule has 96 valence electrons. The minimum Gasteiger partial charge on any atom is -0.330 e. The van der Waals surface area contributed by atoms with E-state index in [0.29, 0.717) is 31.1 Å². The van der Waals surface area contributed by atoms with Crippen molar-refractivity contribution in [2.75, 3.05) is 6.54 Å². The topological polar surface area (TPSA) is 56.7 Å². The molecule has 1 aromatic carbocycles. The summed E-state index contributed by atoms with van der Waals surface area (Å²) < 4.78 is 40.5. The summed E-state index contributed by atoms with van der Waals surface area (Å²) in [4.78, 5) is 0. The van der Waals surface area contributed by atoms with Crippen LogP contribution in [0.2, 0.25) is 0 Å². The van der Waals surface area contributed by atoms with E-state index >= 15 is 0 Å². The third kappa shape index (κ3) is 2.51. The number of benzene rings is 1. The van der Waals surface area contributed by atoms with E-state index in [1.165, 1.54) is 6.20 Å². The standard InChI is InChI=1S/C11H11F3N4/c12-7-4-9(13)11(14)10(5-7)18-6-8(16-17-18)2-1-3-15/h4-6H,1-3,15H2. The van der Waals surface area contributed by atoms with Gasteiger partial charge in [0.15, 0.2) is 11.6 Å². The fourth-order valence-electron chi connectivity index (χ4n) is 1.52. The van der Waals surface area contributed by atoms with Crippen LogP contribution in [0.15, 0.2) is 18.3 Å². The predicted octanol–water partition coefficient (Wildman–Crippen LogP) is 1.58. The first-order valence-corrected chi connectivity index (χ1v) is 5.38. The van der Waals surface area contributed by atoms with Crippen molar-refractivity contribution in [3.8, 4) is 5.69 Å². The average molecular weight is 256 g/mol. The highest BCUT2D eigenvalue weighted by Crippen LogP contribution is 2.17. The van der Waals surface area contributed by atoms with E-state index in [0.717, 1.165) is 10.7 Å². The lowest BCUT2D eigenvalue weighted by molar-refractivity contribution is 0.487. The number of hydrogen-bond acceptors (Lipinski definition) is 3. The zero-order chi connectivity index (χ0) is 13.1. The van der Waals surface area contributed by atoms with E-state index in [2.05, 4.69) is 10.3 Å². The van der Waals surface area contributed by atoms with Crippen molar-refractivity contribution in [3.05, 3.63) is 41.5 Å². The van der Waals surface area contributed by atoms with Crippen molar-refractivity contribution in [3.63, 3.8) is 0 Å². The molecule has 0 unspecified atom stereocenters. The van der Waals surface area contributed by atoms with Gasteiger partial charge in [0.25, 0.3) is 0 Å². The lowest BCUT2D eigenvalue weighted by Crippen LogP contribution is -2.02. The number of aryl methyl sites for hydroxylation is 1. The Morgan fingerprint density at radius 1 is 1.22 bits per heavy atom. The maximum absolute atomic E-state index is 13.5. The Morgan fingerprint density at radius 3 is 2.72 bits per heavy atom. The molecule has 0 radical (unpaired) electrons. The van der Waals surface area contributed by atoms with Gasteiger partial charge in [-0.2, -0.15) is 0 Å². The molecular weight excluding hydrogens is 245 g/mol. The quantitative estimate of drug-likeness (QED) is 0.845. The minimum atomic E-state index is -1.26. The Kier molecular flexibility index (Phi) is 3.61. The van der Waals surface area contributed by atoms with E-state index in [-0.39, 0.29) is 5.69 Å². The molecule has 4 nitrogen and oxygen atoms in total. The van der Waals surface area contributed by atoms with Crippen molar-refractivity contribution in [2.45, 2.75) is 12.8 Å². The molecule has 0 fully saturated rings. The molecule has 0 amide bonds. The molecule has 18 heavy (non-hydrogen) atoms. The van der Waals surface area contributed by atoms with Crippen LogP contribution in [0.1, 0.15) is 12.1 Å². The van der Waals surface area contributed by atoms with Crippen molar-refractivity contribution < 1.29 is 13.2 Å². The van der Waals surface area contributed by atoms with Crippen LogP contribution in [0.5, 0.6) is 0 Å². The smallest absolute Gasteiger partial charge is 0.184 e. The van der Waals surface area contributed by atoms with Crippen LogP contribution in [-0.2, 0) is 6.42 Å². The first-order chi connectivity index (χ1) is 8.61. The third-order valence-electron chi connectivity index (χ3n) is 2.40. The van der Waals surface area contributed by atoms with Gasteiger partial charge < -0.3 is 5.73 Å². The van der Waals surface area contributed by atoms with E-state index in [1.54, 1.807) is 0 Å². The molecule has 2 aromatic rings. The van der Waals surface area contributed by atoms with E-state index < -0.39 is 17.5 Å². The summed E-state index contributed by atoms with van der Waals surface area (Å²) in [6.07, 6.45) is 2.71. The van der Waals surface area contributed by atoms with Crippen LogP contribution >= 0.6 is 0 Å². The molecule has 0 atom stereocenters. The van der Waals surface area contributed by atoms with Crippen LogP contribution in [-0.4, -0.2) is 21.5 Å². The first kappa shape index (κ1) is 12.6. The largest absolute Gasteiger partial charge is 0.330 e. The predicted molar refractivity (Wildman–Crippen MR) is 58.6 cm³/mol. The van der Waals surface area contributed by atoms with Gasteiger partial charge in [-0.05, 0) is 19.4 Å². The summed E-state index contributed by atoms with van der Waals surface area (Å²) in [6.45, 7) is 0.496. The van der Waals surface area contributed by atoms with Gasteiger partial charge in [-0.3, -0.25) is 0 Å². The van der Waals surface area contributed by atoms with Gasteiger partial charge in [0.05, 0.1) is 11.9 Å². The Hall–Kier alpha value is -1.89. The maximum Gasteiger partial charge on any atom is 0.184 e. The summed E-state index contributed by atoms with van der Waals surface area (Å²) >= 11 is 0. The number of aromatic nitrogens is 3. The number of hydrogen-bond donors (Lipinski definition) is 1. The maximum atomic E-state index is 13.5. The summed E-state index contributed by atoms with van der Waals surface area (Å²) in [6, 6.07) is 1.34. The van der Waals surface area contributed by atoms with E-state index in [9.17, 15) is 13.2 Å². The highest BCUT2D eigenvalue weighted by atomic mass is 19.2. The highest BCUT2D eigenvalue weighted by Gasteiger charge is 2.14. The highest BCUT2D eigenvalue weighted by molar-refractivity contribution is 5.34. The number of nitrogens with two attached hydrogens (primary N) is 1. The van der Waals surface area contributed by atoms with Crippen molar-refractivity contribution >= 4 is 0 Å². The lowest BCUT2D eigenvalue weighted by atomic mass is 10.2. The number of rotatable bonds is 4. The summed E-state index contributed by atoms with van der Waals surface area (Å²) in [5.41, 5.74) is 5.62. The van der Waals surface area contributed by atoms with Crippen LogP contribution in [0.25, 0.3) is 5.69 Å². The summed E-state index contributed by atoms with van der Waals surface area (Å²) in [7, 11) is 0. The fourth-order valence-corrected chi connectivity index (χ4v) is 1.52. The number of nitrogens with zero attached hydrogens (tertiary/aromatic N) is 3. The molecular formula is C11H11F3N4. The second-order valence-electron chi connectivity index (χ2n) is 3.77. The molecule has 2 rings (SSSR count). The Morgan fingerprint density at radius 2 is 2.00 bits per heavy atom. The Labute approximate surface area is 101 Å². The molecule has 1 heterocycles. The Balaban J connectivity index is 2.34. The van der Waals surface area contributed by atoms with Gasteiger partial charge in [-0.15, -0.1) is 5.10 Å². The number of halogens is 3. The zero-order valence-corrected chi connectivity index (χ0v) is 9.41. The normalized spacial score (nSPS) is 10.9. The minimum absolute atomic E-state index is 0.306. The molecule has 1 aromatic heterocycles. The molecule has 0 aliphatic carbocycles. The van der Waals surface area contributed by atoms with Gasteiger partial charge in [-0.1, -0.05) is 5.21 Å². The lowest BCUT2D eigenvalue weighted by Gasteiger charge is -2.03. The zero-order valence-electron chi connectivity index (χ0n) is 9.41. The van der Waals surface area contributed by atoms with Gasteiger partial charge in [0.1, 0.15) is 11.5 Å². The SMILES string of the molecule is NCCCc1cn(-c2cc(F)cc(F)c2F)nn1. The first-order valence-electron chi connectivity index (χ1n) is 5.38. The van der Waals surface area contributed by atoms with Gasteiger partial charge >= 0.3 is 0 Å². The average Bonchev–Trinajstić information content (AvgIpc) is 2.79. The summed E-state index contributed by atoms with van der Waals surface area (Å²) in [5, 5.41) is 7.41. The van der Waals surface area contributed by atoms with Gasteiger partial charge in [-0.25, -0.2) is 17.9 Å². The monoisotopic (exact) mass is 256 g/mol. The van der Waals surface area contributed by atoms with Gasteiger partial charge in [0.2, 0.25) is 0 Å². The Bertz CT molecular complexity index is 553. The van der Waals surface area contributed by atoms with Crippen molar-refractivity contribution in [1.82, 2.24) is 15.0 Å². The van der Waals surface area contributed by atoms with Gasteiger partial charge in [0, 0.05) is 12.1 Å². The van der Waals surface area contributed by atoms with Crippen molar-refractivity contribution in [1.29, 1.82) is 0 Å². The fraction of sp³-hybridized carbons (Fsp3) is 0.273. The molecule has 0 saturated carbocycles. The molecule has 0 spiro atoms.